The lowest BCUT2D eigenvalue weighted by molar-refractivity contribution is -0.135. The molecule has 1 atom stereocenters. The first-order valence-electron chi connectivity index (χ1n) is 11.8. The minimum Gasteiger partial charge on any atom is -0.460 e. The number of benzene rings is 3. The van der Waals surface area contributed by atoms with Crippen LogP contribution < -0.4 is 5.01 Å². The summed E-state index contributed by atoms with van der Waals surface area (Å²) in [7, 11) is 0. The van der Waals surface area contributed by atoms with Crippen LogP contribution in [0.5, 0.6) is 0 Å². The number of aliphatic imine (C=N–C) groups is 1. The van der Waals surface area contributed by atoms with Crippen LogP contribution >= 0.6 is 0 Å². The van der Waals surface area contributed by atoms with E-state index in [1.807, 2.05) is 36.1 Å². The molecule has 2 aliphatic heterocycles. The number of anilines is 1. The zero-order chi connectivity index (χ0) is 24.5. The molecule has 35 heavy (non-hydrogen) atoms. The van der Waals surface area contributed by atoms with Crippen LogP contribution in [0.3, 0.4) is 0 Å². The van der Waals surface area contributed by atoms with Crippen molar-refractivity contribution < 1.29 is 9.53 Å². The molecule has 6 nitrogen and oxygen atoms in total. The molecule has 0 radical (unpaired) electrons. The van der Waals surface area contributed by atoms with Gasteiger partial charge in [-0.15, -0.1) is 5.10 Å². The molecule has 0 spiro atoms. The topological polar surface area (TPSA) is 57.5 Å². The average Bonchev–Trinajstić information content (AvgIpc) is 3.24. The standard InChI is InChI=1S/C29H28N4O2/c1-5-35-28(34)27-31-33(25-9-7-6-8-21(25)4)29-30-24(22-14-10-19(2)11-15-22)18-26(32(27)29)23-16-12-20(3)13-17-23/h6-18,26H,5H2,1-4H3. The molecule has 0 saturated heterocycles. The number of nitrogens with zero attached hydrogens (tertiary/aromatic N) is 4. The molecule has 3 aromatic carbocycles. The van der Waals surface area contributed by atoms with Gasteiger partial charge in [0.05, 0.1) is 24.0 Å². The number of esters is 1. The fourth-order valence-electron chi connectivity index (χ4n) is 4.30. The van der Waals surface area contributed by atoms with Crippen LogP contribution in [0.4, 0.5) is 5.69 Å². The lowest BCUT2D eigenvalue weighted by Gasteiger charge is -2.33. The van der Waals surface area contributed by atoms with Gasteiger partial charge in [-0.2, -0.15) is 5.01 Å². The van der Waals surface area contributed by atoms with Gasteiger partial charge in [0.2, 0.25) is 11.8 Å². The number of hydrazone groups is 1. The number of carbonyl (C=O) groups is 1. The number of para-hydroxylation sites is 1. The largest absolute Gasteiger partial charge is 0.460 e. The summed E-state index contributed by atoms with van der Waals surface area (Å²) < 4.78 is 5.40. The van der Waals surface area contributed by atoms with Gasteiger partial charge in [0, 0.05) is 5.56 Å². The van der Waals surface area contributed by atoms with Gasteiger partial charge in [-0.3, -0.25) is 4.90 Å². The van der Waals surface area contributed by atoms with Gasteiger partial charge in [-0.1, -0.05) is 77.9 Å². The highest BCUT2D eigenvalue weighted by atomic mass is 16.5. The van der Waals surface area contributed by atoms with E-state index >= 15 is 0 Å². The predicted molar refractivity (Wildman–Crippen MR) is 140 cm³/mol. The Kier molecular flexibility index (Phi) is 5.95. The molecule has 3 aromatic rings. The number of fused-ring (bicyclic) bond motifs is 1. The summed E-state index contributed by atoms with van der Waals surface area (Å²) in [6.45, 7) is 8.21. The van der Waals surface area contributed by atoms with Crippen molar-refractivity contribution in [3.63, 3.8) is 0 Å². The summed E-state index contributed by atoms with van der Waals surface area (Å²) in [6.07, 6.45) is 2.09. The van der Waals surface area contributed by atoms with Crippen molar-refractivity contribution >= 4 is 29.1 Å². The van der Waals surface area contributed by atoms with Crippen molar-refractivity contribution in [2.45, 2.75) is 33.7 Å². The molecule has 1 unspecified atom stereocenters. The summed E-state index contributed by atoms with van der Waals surface area (Å²) in [5.41, 5.74) is 7.13. The molecule has 0 saturated carbocycles. The first-order chi connectivity index (χ1) is 17.0. The highest BCUT2D eigenvalue weighted by Gasteiger charge is 2.43. The number of amidine groups is 1. The van der Waals surface area contributed by atoms with Crippen molar-refractivity contribution in [1.82, 2.24) is 4.90 Å². The average molecular weight is 465 g/mol. The minimum atomic E-state index is -0.472. The Hall–Kier alpha value is -4.19. The Morgan fingerprint density at radius 3 is 2.23 bits per heavy atom. The van der Waals surface area contributed by atoms with Crippen LogP contribution in [0.25, 0.3) is 5.70 Å². The maximum Gasteiger partial charge on any atom is 0.376 e. The SMILES string of the molecule is CCOC(=O)C1=NN(c2ccccc2C)C2=NC(c3ccc(C)cc3)=CC(c3ccc(C)cc3)N12. The number of ether oxygens (including phenoxy) is 1. The normalized spacial score (nSPS) is 16.9. The Balaban J connectivity index is 1.70. The van der Waals surface area contributed by atoms with Gasteiger partial charge in [-0.25, -0.2) is 9.79 Å². The van der Waals surface area contributed by atoms with E-state index < -0.39 is 5.97 Å². The number of guanidine groups is 1. The summed E-state index contributed by atoms with van der Waals surface area (Å²) in [4.78, 5) is 20.0. The molecule has 0 fully saturated rings. The van der Waals surface area contributed by atoms with Gasteiger partial charge in [-0.05, 0) is 51.0 Å². The van der Waals surface area contributed by atoms with Crippen LogP contribution in [0.15, 0.2) is 89.0 Å². The lowest BCUT2D eigenvalue weighted by Crippen LogP contribution is -2.44. The molecule has 0 aliphatic carbocycles. The summed E-state index contributed by atoms with van der Waals surface area (Å²) in [6, 6.07) is 24.3. The molecular weight excluding hydrogens is 436 g/mol. The Morgan fingerprint density at radius 2 is 1.57 bits per heavy atom. The Morgan fingerprint density at radius 1 is 0.914 bits per heavy atom. The minimum absolute atomic E-state index is 0.221. The van der Waals surface area contributed by atoms with Crippen LogP contribution in [-0.2, 0) is 9.53 Å². The van der Waals surface area contributed by atoms with Crippen LogP contribution in [0, 0.1) is 20.8 Å². The molecule has 2 aliphatic rings. The third kappa shape index (κ3) is 4.23. The predicted octanol–water partition coefficient (Wildman–Crippen LogP) is 5.76. The van der Waals surface area contributed by atoms with E-state index in [2.05, 4.69) is 68.5 Å². The first-order valence-corrected chi connectivity index (χ1v) is 11.8. The van der Waals surface area contributed by atoms with E-state index in [1.165, 1.54) is 11.1 Å². The van der Waals surface area contributed by atoms with E-state index in [0.717, 1.165) is 28.1 Å². The van der Waals surface area contributed by atoms with Crippen LogP contribution in [0.2, 0.25) is 0 Å². The fourth-order valence-corrected chi connectivity index (χ4v) is 4.30. The fraction of sp³-hybridized carbons (Fsp3) is 0.207. The lowest BCUT2D eigenvalue weighted by atomic mass is 9.99. The van der Waals surface area contributed by atoms with E-state index in [-0.39, 0.29) is 18.5 Å². The van der Waals surface area contributed by atoms with E-state index in [0.29, 0.717) is 5.96 Å². The van der Waals surface area contributed by atoms with Gasteiger partial charge in [0.25, 0.3) is 0 Å². The zero-order valence-corrected chi connectivity index (χ0v) is 20.4. The molecule has 0 aromatic heterocycles. The number of hydrogen-bond acceptors (Lipinski definition) is 6. The molecule has 0 N–H and O–H groups in total. The second-order valence-corrected chi connectivity index (χ2v) is 8.80. The smallest absolute Gasteiger partial charge is 0.376 e. The van der Waals surface area contributed by atoms with Crippen molar-refractivity contribution in [1.29, 1.82) is 0 Å². The molecule has 6 heteroatoms. The summed E-state index contributed by atoms with van der Waals surface area (Å²) in [5, 5.41) is 6.51. The van der Waals surface area contributed by atoms with Crippen molar-refractivity contribution in [2.24, 2.45) is 10.1 Å². The molecule has 2 heterocycles. The quantitative estimate of drug-likeness (QED) is 0.450. The Labute approximate surface area is 205 Å². The molecule has 0 amide bonds. The van der Waals surface area contributed by atoms with E-state index in [4.69, 9.17) is 14.8 Å². The molecule has 0 bridgehead atoms. The van der Waals surface area contributed by atoms with Crippen molar-refractivity contribution in [3.8, 4) is 0 Å². The van der Waals surface area contributed by atoms with Gasteiger partial charge >= 0.3 is 5.97 Å². The second kappa shape index (κ2) is 9.22. The second-order valence-electron chi connectivity index (χ2n) is 8.80. The van der Waals surface area contributed by atoms with E-state index in [9.17, 15) is 4.79 Å². The van der Waals surface area contributed by atoms with Gasteiger partial charge in [0.15, 0.2) is 0 Å². The summed E-state index contributed by atoms with van der Waals surface area (Å²) in [5.74, 6) is 0.324. The summed E-state index contributed by atoms with van der Waals surface area (Å²) >= 11 is 0. The monoisotopic (exact) mass is 464 g/mol. The Bertz CT molecular complexity index is 1350. The number of carbonyl (C=O) groups excluding carboxylic acids is 1. The highest BCUT2D eigenvalue weighted by molar-refractivity contribution is 6.41. The highest BCUT2D eigenvalue weighted by Crippen LogP contribution is 2.38. The van der Waals surface area contributed by atoms with Gasteiger partial charge < -0.3 is 4.74 Å². The third-order valence-electron chi connectivity index (χ3n) is 6.21. The maximum absolute atomic E-state index is 13.1. The van der Waals surface area contributed by atoms with Gasteiger partial charge in [0.1, 0.15) is 0 Å². The number of hydrogen-bond donors (Lipinski definition) is 0. The zero-order valence-electron chi connectivity index (χ0n) is 20.4. The van der Waals surface area contributed by atoms with Crippen LogP contribution in [0.1, 0.15) is 40.8 Å². The third-order valence-corrected chi connectivity index (χ3v) is 6.21. The van der Waals surface area contributed by atoms with Crippen molar-refractivity contribution in [3.05, 3.63) is 107 Å². The molecular formula is C29H28N4O2. The first kappa shape index (κ1) is 22.6. The molecule has 5 rings (SSSR count). The van der Waals surface area contributed by atoms with Crippen LogP contribution in [-0.4, -0.2) is 29.3 Å². The number of rotatable bonds is 5. The van der Waals surface area contributed by atoms with Crippen molar-refractivity contribution in [2.75, 3.05) is 11.6 Å². The molecule has 176 valence electrons. The number of aryl methyl sites for hydroxylation is 3. The maximum atomic E-state index is 13.1. The van der Waals surface area contributed by atoms with E-state index in [1.54, 1.807) is 11.9 Å².